The second-order valence-corrected chi connectivity index (χ2v) is 7.15. The maximum absolute atomic E-state index is 12.4. The number of rotatable bonds is 5. The smallest absolute Gasteiger partial charge is 0.258 e. The first-order valence-electron chi connectivity index (χ1n) is 8.53. The predicted octanol–water partition coefficient (Wildman–Crippen LogP) is 4.01. The van der Waals surface area contributed by atoms with Crippen molar-refractivity contribution in [3.8, 4) is 23.0 Å². The third-order valence-corrected chi connectivity index (χ3v) is 5.15. The van der Waals surface area contributed by atoms with E-state index in [4.69, 9.17) is 16.3 Å². The number of ether oxygens (including phenoxy) is 1. The summed E-state index contributed by atoms with van der Waals surface area (Å²) in [5, 5.41) is 11.8. The Morgan fingerprint density at radius 3 is 2.66 bits per heavy atom. The number of carbonyl (C=O) groups excluding carboxylic acids is 1. The van der Waals surface area contributed by atoms with Gasteiger partial charge in [-0.2, -0.15) is 9.36 Å². The van der Waals surface area contributed by atoms with Crippen LogP contribution >= 0.6 is 23.1 Å². The molecule has 146 valence electrons. The topological polar surface area (TPSA) is 94.8 Å². The van der Waals surface area contributed by atoms with Gasteiger partial charge in [-0.15, -0.1) is 5.10 Å². The van der Waals surface area contributed by atoms with Crippen LogP contribution in [0.4, 0.5) is 5.13 Å². The summed E-state index contributed by atoms with van der Waals surface area (Å²) in [7, 11) is 1.61. The summed E-state index contributed by atoms with van der Waals surface area (Å²) in [6, 6.07) is 14.3. The van der Waals surface area contributed by atoms with E-state index in [2.05, 4.69) is 25.0 Å². The normalized spacial score (nSPS) is 10.7. The lowest BCUT2D eigenvalue weighted by atomic mass is 10.2. The lowest BCUT2D eigenvalue weighted by Crippen LogP contribution is -2.12. The molecular weight excluding hydrogens is 412 g/mol. The number of carbonyl (C=O) groups is 1. The van der Waals surface area contributed by atoms with E-state index < -0.39 is 0 Å². The molecule has 0 unspecified atom stereocenters. The molecule has 8 nitrogen and oxygen atoms in total. The van der Waals surface area contributed by atoms with E-state index in [1.807, 2.05) is 31.2 Å². The highest BCUT2D eigenvalue weighted by atomic mass is 35.5. The number of anilines is 1. The molecule has 0 atom stereocenters. The van der Waals surface area contributed by atoms with Crippen molar-refractivity contribution in [1.82, 2.24) is 24.4 Å². The molecule has 0 aliphatic heterocycles. The summed E-state index contributed by atoms with van der Waals surface area (Å²) in [5.41, 5.74) is 2.52. The van der Waals surface area contributed by atoms with Crippen LogP contribution < -0.4 is 10.1 Å². The molecule has 2 aromatic carbocycles. The summed E-state index contributed by atoms with van der Waals surface area (Å²) in [4.78, 5) is 16.8. The number of methoxy groups -OCH3 is 1. The van der Waals surface area contributed by atoms with Crippen molar-refractivity contribution < 1.29 is 9.53 Å². The molecule has 0 fully saturated rings. The van der Waals surface area contributed by atoms with Crippen molar-refractivity contribution in [2.45, 2.75) is 6.92 Å². The number of halogens is 1. The van der Waals surface area contributed by atoms with Crippen molar-refractivity contribution in [2.75, 3.05) is 12.4 Å². The van der Waals surface area contributed by atoms with E-state index in [-0.39, 0.29) is 5.91 Å². The Hall–Kier alpha value is -3.30. The molecule has 4 aromatic rings. The Morgan fingerprint density at radius 1 is 1.17 bits per heavy atom. The van der Waals surface area contributed by atoms with Crippen LogP contribution in [0.25, 0.3) is 17.2 Å². The molecule has 0 saturated carbocycles. The van der Waals surface area contributed by atoms with Crippen molar-refractivity contribution >= 4 is 34.2 Å². The van der Waals surface area contributed by atoms with Crippen LogP contribution in [0.2, 0.25) is 5.02 Å². The highest BCUT2D eigenvalue weighted by molar-refractivity contribution is 7.10. The monoisotopic (exact) mass is 426 g/mol. The maximum Gasteiger partial charge on any atom is 0.258 e. The van der Waals surface area contributed by atoms with E-state index in [1.54, 1.807) is 36.1 Å². The molecule has 1 N–H and O–H groups in total. The Kier molecular flexibility index (Phi) is 5.24. The quantitative estimate of drug-likeness (QED) is 0.518. The van der Waals surface area contributed by atoms with Crippen molar-refractivity contribution in [1.29, 1.82) is 0 Å². The second-order valence-electron chi connectivity index (χ2n) is 5.99. The molecule has 29 heavy (non-hydrogen) atoms. The minimum atomic E-state index is -0.350. The van der Waals surface area contributed by atoms with Crippen LogP contribution in [0.15, 0.2) is 48.5 Å². The molecule has 2 heterocycles. The minimum Gasteiger partial charge on any atom is -0.497 e. The average Bonchev–Trinajstić information content (AvgIpc) is 3.34. The molecule has 4 rings (SSSR count). The number of benzene rings is 2. The molecule has 0 saturated heterocycles. The van der Waals surface area contributed by atoms with Gasteiger partial charge >= 0.3 is 0 Å². The molecule has 0 spiro atoms. The summed E-state index contributed by atoms with van der Waals surface area (Å²) in [5.74, 6) is 0.797. The van der Waals surface area contributed by atoms with Gasteiger partial charge in [0.25, 0.3) is 5.91 Å². The summed E-state index contributed by atoms with van der Waals surface area (Å²) in [6.45, 7) is 1.88. The second kappa shape index (κ2) is 7.98. The van der Waals surface area contributed by atoms with Crippen LogP contribution in [-0.2, 0) is 0 Å². The van der Waals surface area contributed by atoms with E-state index in [1.165, 1.54) is 0 Å². The Bertz CT molecular complexity index is 1170. The number of hydrogen-bond donors (Lipinski definition) is 1. The van der Waals surface area contributed by atoms with Gasteiger partial charge in [0.1, 0.15) is 5.75 Å². The fourth-order valence-corrected chi connectivity index (χ4v) is 3.47. The van der Waals surface area contributed by atoms with Crippen molar-refractivity contribution in [2.24, 2.45) is 0 Å². The van der Waals surface area contributed by atoms with Gasteiger partial charge in [-0.05, 0) is 43.3 Å². The fourth-order valence-electron chi connectivity index (χ4n) is 2.68. The molecule has 0 aliphatic rings. The number of nitrogens with one attached hydrogen (secondary N) is 1. The molecule has 0 bridgehead atoms. The third kappa shape index (κ3) is 3.82. The van der Waals surface area contributed by atoms with Gasteiger partial charge in [0.05, 0.1) is 29.1 Å². The zero-order valence-electron chi connectivity index (χ0n) is 15.5. The summed E-state index contributed by atoms with van der Waals surface area (Å²) < 4.78 is 11.2. The zero-order chi connectivity index (χ0) is 20.4. The first kappa shape index (κ1) is 19.0. The van der Waals surface area contributed by atoms with Crippen LogP contribution in [0, 0.1) is 6.92 Å². The van der Waals surface area contributed by atoms with Gasteiger partial charge in [0.15, 0.2) is 11.5 Å². The highest BCUT2D eigenvalue weighted by Gasteiger charge is 2.18. The van der Waals surface area contributed by atoms with Gasteiger partial charge in [-0.1, -0.05) is 28.9 Å². The summed E-state index contributed by atoms with van der Waals surface area (Å²) in [6.07, 6.45) is 0. The predicted molar refractivity (Wildman–Crippen MR) is 111 cm³/mol. The van der Waals surface area contributed by atoms with Crippen molar-refractivity contribution in [3.05, 3.63) is 64.8 Å². The first-order valence-corrected chi connectivity index (χ1v) is 9.68. The number of aromatic nitrogens is 5. The molecule has 2 aromatic heterocycles. The van der Waals surface area contributed by atoms with Crippen LogP contribution in [0.3, 0.4) is 0 Å². The number of amides is 1. The highest BCUT2D eigenvalue weighted by Crippen LogP contribution is 2.25. The zero-order valence-corrected chi connectivity index (χ0v) is 17.0. The van der Waals surface area contributed by atoms with Crippen molar-refractivity contribution in [3.63, 3.8) is 0 Å². The lowest BCUT2D eigenvalue weighted by Gasteiger charge is -2.04. The minimum absolute atomic E-state index is 0.350. The van der Waals surface area contributed by atoms with Gasteiger partial charge in [-0.3, -0.25) is 10.1 Å². The van der Waals surface area contributed by atoms with E-state index in [9.17, 15) is 4.79 Å². The van der Waals surface area contributed by atoms with Crippen LogP contribution in [0.1, 0.15) is 16.1 Å². The van der Waals surface area contributed by atoms with Crippen LogP contribution in [0.5, 0.6) is 5.75 Å². The largest absolute Gasteiger partial charge is 0.497 e. The Labute approximate surface area is 175 Å². The summed E-state index contributed by atoms with van der Waals surface area (Å²) >= 11 is 7.13. The van der Waals surface area contributed by atoms with E-state index >= 15 is 0 Å². The fraction of sp³-hybridized carbons (Fsp3) is 0.105. The van der Waals surface area contributed by atoms with Crippen LogP contribution in [-0.4, -0.2) is 37.4 Å². The molecule has 10 heteroatoms. The molecule has 0 radical (unpaired) electrons. The van der Waals surface area contributed by atoms with Gasteiger partial charge < -0.3 is 4.74 Å². The van der Waals surface area contributed by atoms with Gasteiger partial charge in [-0.25, -0.2) is 4.68 Å². The molecular formula is C19H15ClN6O2S. The third-order valence-electron chi connectivity index (χ3n) is 4.19. The lowest BCUT2D eigenvalue weighted by molar-refractivity contribution is 0.102. The Morgan fingerprint density at radius 2 is 1.93 bits per heavy atom. The SMILES string of the molecule is COc1ccc(-n2nnc(-c3nsc(NC(=O)c4ccccc4Cl)n3)c2C)cc1. The average molecular weight is 427 g/mol. The molecule has 0 aliphatic carbocycles. The first-order chi connectivity index (χ1) is 14.1. The van der Waals surface area contributed by atoms with E-state index in [0.29, 0.717) is 27.2 Å². The van der Waals surface area contributed by atoms with Gasteiger partial charge in [0, 0.05) is 11.5 Å². The Balaban J connectivity index is 1.56. The number of hydrogen-bond acceptors (Lipinski definition) is 7. The van der Waals surface area contributed by atoms with Gasteiger partial charge in [0.2, 0.25) is 5.13 Å². The number of nitrogens with zero attached hydrogens (tertiary/aromatic N) is 5. The standard InChI is InChI=1S/C19H15ClN6O2S/c1-11-16(23-25-26(11)12-7-9-13(28-2)10-8-12)17-21-19(29-24-17)22-18(27)14-5-3-4-6-15(14)20/h3-10H,1-2H3,(H,21,22,24,27). The van der Waals surface area contributed by atoms with E-state index in [0.717, 1.165) is 28.7 Å². The molecule has 1 amide bonds. The maximum atomic E-state index is 12.4.